The van der Waals surface area contributed by atoms with E-state index in [1.54, 1.807) is 0 Å². The van der Waals surface area contributed by atoms with Crippen molar-refractivity contribution in [1.82, 2.24) is 10.3 Å². The molecule has 0 saturated carbocycles. The molecule has 0 radical (unpaired) electrons. The number of nitrogens with zero attached hydrogens (tertiary/aromatic N) is 1. The molecule has 1 atom stereocenters. The SMILES string of the molecule is CN(C)c1ccc2c(c1)C1=CC(NC(=O)c3cccc4cc[nH]c34)=CC=CC1O2. The van der Waals surface area contributed by atoms with Crippen LogP contribution in [0.4, 0.5) is 5.69 Å². The van der Waals surface area contributed by atoms with Crippen molar-refractivity contribution < 1.29 is 9.53 Å². The minimum absolute atomic E-state index is 0.144. The molecule has 0 bridgehead atoms. The molecule has 1 amide bonds. The molecular formula is C24H21N3O2. The molecule has 0 spiro atoms. The zero-order valence-corrected chi connectivity index (χ0v) is 16.3. The molecule has 2 aromatic carbocycles. The number of rotatable bonds is 3. The quantitative estimate of drug-likeness (QED) is 0.710. The molecule has 2 aliphatic rings. The summed E-state index contributed by atoms with van der Waals surface area (Å²) in [5.74, 6) is 0.717. The van der Waals surface area contributed by atoms with Crippen LogP contribution in [0.5, 0.6) is 5.75 Å². The summed E-state index contributed by atoms with van der Waals surface area (Å²) in [5.41, 5.74) is 5.40. The number of hydrogen-bond donors (Lipinski definition) is 2. The van der Waals surface area contributed by atoms with Crippen LogP contribution in [0.25, 0.3) is 16.5 Å². The van der Waals surface area contributed by atoms with E-state index in [-0.39, 0.29) is 12.0 Å². The maximum atomic E-state index is 13.0. The highest BCUT2D eigenvalue weighted by atomic mass is 16.5. The Morgan fingerprint density at radius 3 is 2.93 bits per heavy atom. The Balaban J connectivity index is 1.48. The van der Waals surface area contributed by atoms with E-state index in [0.717, 1.165) is 39.2 Å². The lowest BCUT2D eigenvalue weighted by atomic mass is 10.0. The lowest BCUT2D eigenvalue weighted by Crippen LogP contribution is -2.22. The monoisotopic (exact) mass is 383 g/mol. The number of benzene rings is 2. The van der Waals surface area contributed by atoms with Gasteiger partial charge in [-0.1, -0.05) is 18.2 Å². The van der Waals surface area contributed by atoms with E-state index < -0.39 is 0 Å². The highest BCUT2D eigenvalue weighted by Crippen LogP contribution is 2.41. The number of carbonyl (C=O) groups is 1. The number of amides is 1. The first-order chi connectivity index (χ1) is 14.1. The molecule has 1 aliphatic carbocycles. The number of allylic oxidation sites excluding steroid dienone is 3. The number of anilines is 1. The maximum absolute atomic E-state index is 13.0. The molecule has 0 saturated heterocycles. The van der Waals surface area contributed by atoms with Crippen LogP contribution in [-0.4, -0.2) is 31.1 Å². The molecule has 5 rings (SSSR count). The van der Waals surface area contributed by atoms with Gasteiger partial charge >= 0.3 is 0 Å². The van der Waals surface area contributed by atoms with Gasteiger partial charge in [-0.05, 0) is 48.6 Å². The van der Waals surface area contributed by atoms with Gasteiger partial charge in [0.05, 0.1) is 11.1 Å². The Morgan fingerprint density at radius 2 is 2.07 bits per heavy atom. The van der Waals surface area contributed by atoms with Crippen LogP contribution in [0.2, 0.25) is 0 Å². The van der Waals surface area contributed by atoms with Crippen LogP contribution in [0.1, 0.15) is 15.9 Å². The zero-order valence-electron chi connectivity index (χ0n) is 16.3. The fourth-order valence-corrected chi connectivity index (χ4v) is 3.81. The van der Waals surface area contributed by atoms with E-state index in [0.29, 0.717) is 5.56 Å². The number of hydrogen-bond acceptors (Lipinski definition) is 3. The molecule has 29 heavy (non-hydrogen) atoms. The largest absolute Gasteiger partial charge is 0.481 e. The zero-order chi connectivity index (χ0) is 20.0. The van der Waals surface area contributed by atoms with E-state index >= 15 is 0 Å². The number of ether oxygens (including phenoxy) is 1. The highest BCUT2D eigenvalue weighted by molar-refractivity contribution is 6.06. The predicted octanol–water partition coefficient (Wildman–Crippen LogP) is 4.26. The first-order valence-electron chi connectivity index (χ1n) is 9.56. The Labute approximate surface area is 169 Å². The summed E-state index contributed by atoms with van der Waals surface area (Å²) in [6, 6.07) is 13.8. The van der Waals surface area contributed by atoms with Gasteiger partial charge in [-0.15, -0.1) is 0 Å². The van der Waals surface area contributed by atoms with Gasteiger partial charge in [0.25, 0.3) is 5.91 Å². The number of H-pyrrole nitrogens is 1. The molecule has 3 aromatic rings. The second-order valence-corrected chi connectivity index (χ2v) is 7.42. The molecule has 5 nitrogen and oxygen atoms in total. The van der Waals surface area contributed by atoms with Gasteiger partial charge in [0.15, 0.2) is 0 Å². The normalized spacial score (nSPS) is 17.0. The van der Waals surface area contributed by atoms with Crippen LogP contribution in [-0.2, 0) is 0 Å². The van der Waals surface area contributed by atoms with E-state index in [2.05, 4.69) is 21.3 Å². The number of para-hydroxylation sites is 1. The smallest absolute Gasteiger partial charge is 0.257 e. The lowest BCUT2D eigenvalue weighted by molar-refractivity contribution is 0.0968. The maximum Gasteiger partial charge on any atom is 0.257 e. The summed E-state index contributed by atoms with van der Waals surface area (Å²) in [6.07, 6.45) is 9.53. The highest BCUT2D eigenvalue weighted by Gasteiger charge is 2.28. The number of fused-ring (bicyclic) bond motifs is 4. The number of aromatic nitrogens is 1. The third-order valence-corrected chi connectivity index (χ3v) is 5.31. The summed E-state index contributed by atoms with van der Waals surface area (Å²) in [6.45, 7) is 0. The first kappa shape index (κ1) is 17.4. The summed E-state index contributed by atoms with van der Waals surface area (Å²) < 4.78 is 6.09. The molecule has 1 aliphatic heterocycles. The molecule has 0 fully saturated rings. The molecule has 2 heterocycles. The fraction of sp³-hybridized carbons (Fsp3) is 0.125. The van der Waals surface area contributed by atoms with Gasteiger partial charge in [0, 0.05) is 48.2 Å². The fourth-order valence-electron chi connectivity index (χ4n) is 3.81. The topological polar surface area (TPSA) is 57.4 Å². The van der Waals surface area contributed by atoms with Gasteiger partial charge < -0.3 is 19.9 Å². The van der Waals surface area contributed by atoms with Crippen molar-refractivity contribution in [2.24, 2.45) is 0 Å². The van der Waals surface area contributed by atoms with Crippen LogP contribution in [0.15, 0.2) is 78.7 Å². The van der Waals surface area contributed by atoms with Crippen LogP contribution in [0, 0.1) is 0 Å². The van der Waals surface area contributed by atoms with Crippen molar-refractivity contribution in [3.63, 3.8) is 0 Å². The van der Waals surface area contributed by atoms with Gasteiger partial charge in [-0.25, -0.2) is 0 Å². The molecular weight excluding hydrogens is 362 g/mol. The second-order valence-electron chi connectivity index (χ2n) is 7.42. The van der Waals surface area contributed by atoms with Crippen molar-refractivity contribution in [2.75, 3.05) is 19.0 Å². The molecule has 2 N–H and O–H groups in total. The third-order valence-electron chi connectivity index (χ3n) is 5.31. The summed E-state index contributed by atoms with van der Waals surface area (Å²) in [5, 5.41) is 4.06. The Bertz CT molecular complexity index is 1210. The van der Waals surface area contributed by atoms with Crippen molar-refractivity contribution in [2.45, 2.75) is 6.10 Å². The standard InChI is InChI=1S/C24H21N3O2/c1-27(2)17-9-10-22-20(14-17)19-13-16(6-4-8-21(19)29-22)26-24(28)18-7-3-5-15-11-12-25-23(15)18/h3-14,21,25H,1-2H3,(H,26,28). The Kier molecular flexibility index (Phi) is 4.02. The average Bonchev–Trinajstić information content (AvgIpc) is 3.27. The minimum atomic E-state index is -0.153. The molecule has 1 aromatic heterocycles. The van der Waals surface area contributed by atoms with Gasteiger partial charge in [-0.3, -0.25) is 4.79 Å². The lowest BCUT2D eigenvalue weighted by Gasteiger charge is -2.13. The Morgan fingerprint density at radius 1 is 1.17 bits per heavy atom. The Hall–Kier alpha value is -3.73. The summed E-state index contributed by atoms with van der Waals surface area (Å²) in [4.78, 5) is 18.2. The van der Waals surface area contributed by atoms with Crippen LogP contribution >= 0.6 is 0 Å². The van der Waals surface area contributed by atoms with E-state index in [1.165, 1.54) is 0 Å². The van der Waals surface area contributed by atoms with Gasteiger partial charge in [0.1, 0.15) is 11.9 Å². The first-order valence-corrected chi connectivity index (χ1v) is 9.56. The van der Waals surface area contributed by atoms with Gasteiger partial charge in [-0.2, -0.15) is 0 Å². The second kappa shape index (κ2) is 6.71. The average molecular weight is 383 g/mol. The minimum Gasteiger partial charge on any atom is -0.481 e. The van der Waals surface area contributed by atoms with Crippen LogP contribution in [0.3, 0.4) is 0 Å². The van der Waals surface area contributed by atoms with Crippen molar-refractivity contribution in [1.29, 1.82) is 0 Å². The molecule has 144 valence electrons. The van der Waals surface area contributed by atoms with Crippen LogP contribution < -0.4 is 15.0 Å². The number of aromatic amines is 1. The summed E-state index contributed by atoms with van der Waals surface area (Å²) in [7, 11) is 4.03. The number of nitrogens with one attached hydrogen (secondary N) is 2. The van der Waals surface area contributed by atoms with Gasteiger partial charge in [0.2, 0.25) is 0 Å². The van der Waals surface area contributed by atoms with E-state index in [1.807, 2.05) is 81.0 Å². The van der Waals surface area contributed by atoms with Crippen molar-refractivity contribution in [3.8, 4) is 5.75 Å². The van der Waals surface area contributed by atoms with E-state index in [9.17, 15) is 4.79 Å². The third kappa shape index (κ3) is 3.01. The van der Waals surface area contributed by atoms with Crippen molar-refractivity contribution >= 4 is 28.1 Å². The number of carbonyl (C=O) groups excluding carboxylic acids is 1. The van der Waals surface area contributed by atoms with Crippen molar-refractivity contribution in [3.05, 3.63) is 89.8 Å². The molecule has 5 heteroatoms. The molecule has 1 unspecified atom stereocenters. The van der Waals surface area contributed by atoms with E-state index in [4.69, 9.17) is 4.74 Å². The summed E-state index contributed by atoms with van der Waals surface area (Å²) >= 11 is 0. The predicted molar refractivity (Wildman–Crippen MR) is 116 cm³/mol.